The molecule has 4 aromatic heterocycles. The Kier molecular flexibility index (Phi) is 36.5. The monoisotopic (exact) mass is 1900 g/mol. The molecule has 0 bridgehead atoms. The molecular formula is C106H108F12N12O8. The smallest absolute Gasteiger partial charge is 0.410 e. The molecular weight excluding hydrogens is 1800 g/mol. The summed E-state index contributed by atoms with van der Waals surface area (Å²) in [6.45, 7) is 16.8. The molecule has 8 aromatic carbocycles. The number of carbonyl (C=O) groups excluding carboxylic acids is 4. The first kappa shape index (κ1) is 102. The van der Waals surface area contributed by atoms with Crippen molar-refractivity contribution >= 4 is 24.4 Å². The second kappa shape index (κ2) is 49.5. The van der Waals surface area contributed by atoms with E-state index in [1.54, 1.807) is 80.5 Å². The number of carbonyl (C=O) groups is 4. The lowest BCUT2D eigenvalue weighted by Crippen LogP contribution is -2.49. The van der Waals surface area contributed by atoms with Crippen molar-refractivity contribution in [3.63, 3.8) is 0 Å². The molecule has 12 aromatic rings. The summed E-state index contributed by atoms with van der Waals surface area (Å²) in [6.07, 6.45) is -2.80. The van der Waals surface area contributed by atoms with E-state index < -0.39 is 47.0 Å². The van der Waals surface area contributed by atoms with Crippen molar-refractivity contribution in [3.05, 3.63) is 381 Å². The summed E-state index contributed by atoms with van der Waals surface area (Å²) in [7, 11) is 0. The van der Waals surface area contributed by atoms with Gasteiger partial charge in [0.1, 0.15) is 23.0 Å². The Labute approximate surface area is 794 Å². The molecule has 138 heavy (non-hydrogen) atoms. The van der Waals surface area contributed by atoms with Crippen molar-refractivity contribution in [2.24, 2.45) is 0 Å². The highest BCUT2D eigenvalue weighted by molar-refractivity contribution is 5.73. The number of hydrogen-bond donors (Lipinski definition) is 0. The number of halogens is 12. The van der Waals surface area contributed by atoms with Crippen LogP contribution >= 0.6 is 0 Å². The number of aromatic nitrogens is 4. The molecule has 4 fully saturated rings. The van der Waals surface area contributed by atoms with E-state index in [0.717, 1.165) is 221 Å². The molecule has 4 amide bonds. The highest BCUT2D eigenvalue weighted by Gasteiger charge is 2.35. The molecule has 0 N–H and O–H groups in total. The van der Waals surface area contributed by atoms with Gasteiger partial charge in [-0.1, -0.05) is 121 Å². The third kappa shape index (κ3) is 33.1. The minimum atomic E-state index is -4.34. The molecule has 20 nitrogen and oxygen atoms in total. The van der Waals surface area contributed by atoms with E-state index in [-0.39, 0.29) is 24.4 Å². The third-order valence-corrected chi connectivity index (χ3v) is 23.9. The van der Waals surface area contributed by atoms with Crippen LogP contribution in [0.4, 0.5) is 71.9 Å². The molecule has 0 spiro atoms. The number of alkyl halides is 12. The number of pyridine rings is 4. The molecule has 32 heteroatoms. The van der Waals surface area contributed by atoms with Crippen LogP contribution in [0.3, 0.4) is 0 Å². The molecule has 8 heterocycles. The van der Waals surface area contributed by atoms with Crippen LogP contribution in [0.5, 0.6) is 23.0 Å². The van der Waals surface area contributed by atoms with Gasteiger partial charge < -0.3 is 38.5 Å². The fourth-order valence-electron chi connectivity index (χ4n) is 15.9. The van der Waals surface area contributed by atoms with Crippen molar-refractivity contribution in [1.29, 1.82) is 0 Å². The first-order valence-corrected chi connectivity index (χ1v) is 45.7. The minimum Gasteiger partial charge on any atom is -0.410 e. The fourth-order valence-corrected chi connectivity index (χ4v) is 15.9. The first-order chi connectivity index (χ1) is 66.4. The van der Waals surface area contributed by atoms with Gasteiger partial charge in [0.2, 0.25) is 0 Å². The summed E-state index contributed by atoms with van der Waals surface area (Å²) in [6, 6.07) is 68.7. The highest BCUT2D eigenvalue weighted by Crippen LogP contribution is 2.35. The Morgan fingerprint density at radius 2 is 0.558 bits per heavy atom. The Morgan fingerprint density at radius 1 is 0.275 bits per heavy atom. The molecule has 0 aliphatic carbocycles. The van der Waals surface area contributed by atoms with Gasteiger partial charge in [-0.15, -0.1) is 0 Å². The summed E-state index contributed by atoms with van der Waals surface area (Å²) in [5, 5.41) is 0. The summed E-state index contributed by atoms with van der Waals surface area (Å²) in [5.41, 5.74) is 9.69. The highest BCUT2D eigenvalue weighted by atomic mass is 19.4. The van der Waals surface area contributed by atoms with Gasteiger partial charge in [0.25, 0.3) is 0 Å². The molecule has 0 radical (unpaired) electrons. The molecule has 4 aliphatic rings. The zero-order valence-corrected chi connectivity index (χ0v) is 76.3. The summed E-state index contributed by atoms with van der Waals surface area (Å²) < 4.78 is 175. The van der Waals surface area contributed by atoms with Crippen LogP contribution in [0.15, 0.2) is 286 Å². The van der Waals surface area contributed by atoms with Crippen molar-refractivity contribution in [1.82, 2.24) is 59.1 Å². The van der Waals surface area contributed by atoms with Gasteiger partial charge in [-0.25, -0.2) is 19.2 Å². The molecule has 4 aliphatic heterocycles. The van der Waals surface area contributed by atoms with Gasteiger partial charge in [-0.3, -0.25) is 39.5 Å². The van der Waals surface area contributed by atoms with Gasteiger partial charge in [0.15, 0.2) is 0 Å². The number of nitrogens with zero attached hydrogens (tertiary/aromatic N) is 12. The number of amides is 4. The Hall–Kier alpha value is -13.6. The van der Waals surface area contributed by atoms with Crippen LogP contribution in [-0.4, -0.2) is 208 Å². The van der Waals surface area contributed by atoms with E-state index in [4.69, 9.17) is 18.9 Å². The second-order valence-corrected chi connectivity index (χ2v) is 34.1. The normalized spacial score (nSPS) is 14.7. The van der Waals surface area contributed by atoms with E-state index in [2.05, 4.69) is 51.7 Å². The third-order valence-electron chi connectivity index (χ3n) is 23.9. The number of piperazine rings is 4. The SMILES string of the molecule is Cc1cccc(CN2CCN(C(=O)Oc3ccc(Cc4ccc(C(F)(F)F)cc4)cc3)CC2)n1.O=C(Oc1ccc(Cc2ccc(C(F)(F)F)cc2)cc1)N1CCN(CCCc2ccccn2)CC1.O=C(Oc1ccc(Cc2ccc(C(F)(F)F)cc2)cc1)N1CCN(CCCc2cccnc2)CC1.O=C(Oc1ccc(Cc2ccc(C(F)(F)F)cc2)cc1)N1CCN(CCc2cccnc2)CC1. The quantitative estimate of drug-likeness (QED) is 0.0492. The van der Waals surface area contributed by atoms with Crippen molar-refractivity contribution in [3.8, 4) is 23.0 Å². The van der Waals surface area contributed by atoms with Gasteiger partial charge in [0, 0.05) is 160 Å². The van der Waals surface area contributed by atoms with Crippen LogP contribution in [0.1, 0.15) is 108 Å². The molecule has 4 saturated heterocycles. The zero-order chi connectivity index (χ0) is 97.4. The predicted molar refractivity (Wildman–Crippen MR) is 500 cm³/mol. The van der Waals surface area contributed by atoms with Crippen LogP contribution in [0.2, 0.25) is 0 Å². The molecule has 724 valence electrons. The number of aryl methyl sites for hydroxylation is 3. The molecule has 0 atom stereocenters. The van der Waals surface area contributed by atoms with E-state index >= 15 is 0 Å². The van der Waals surface area contributed by atoms with E-state index in [1.165, 1.54) is 59.7 Å². The fraction of sp³-hybridized carbons (Fsp3) is 0.321. The lowest BCUT2D eigenvalue weighted by Gasteiger charge is -2.34. The van der Waals surface area contributed by atoms with Crippen molar-refractivity contribution < 1.29 is 90.8 Å². The Balaban J connectivity index is 0.000000155. The lowest BCUT2D eigenvalue weighted by molar-refractivity contribution is -0.138. The molecule has 16 rings (SSSR count). The average Bonchev–Trinajstić information content (AvgIpc) is 0.847. The van der Waals surface area contributed by atoms with Crippen LogP contribution in [0.25, 0.3) is 0 Å². The minimum absolute atomic E-state index is 0.365. The lowest BCUT2D eigenvalue weighted by atomic mass is 10.0. The first-order valence-electron chi connectivity index (χ1n) is 45.7. The maximum absolute atomic E-state index is 12.7. The van der Waals surface area contributed by atoms with E-state index in [0.29, 0.717) is 101 Å². The number of hydrogen-bond acceptors (Lipinski definition) is 16. The van der Waals surface area contributed by atoms with E-state index in [9.17, 15) is 71.9 Å². The van der Waals surface area contributed by atoms with Gasteiger partial charge in [0.05, 0.1) is 27.9 Å². The maximum Gasteiger partial charge on any atom is 0.416 e. The zero-order valence-electron chi connectivity index (χ0n) is 76.3. The number of benzene rings is 8. The second-order valence-electron chi connectivity index (χ2n) is 34.1. The van der Waals surface area contributed by atoms with E-state index in [1.807, 2.05) is 123 Å². The maximum atomic E-state index is 12.7. The van der Waals surface area contributed by atoms with Crippen LogP contribution in [0, 0.1) is 6.92 Å². The average molecular weight is 1910 g/mol. The van der Waals surface area contributed by atoms with Crippen molar-refractivity contribution in [2.45, 2.75) is 96.0 Å². The Bertz CT molecular complexity index is 5580. The van der Waals surface area contributed by atoms with Crippen LogP contribution < -0.4 is 18.9 Å². The summed E-state index contributed by atoms with van der Waals surface area (Å²) in [5.74, 6) is 1.78. The van der Waals surface area contributed by atoms with Crippen LogP contribution in [-0.2, 0) is 76.2 Å². The number of ether oxygens (including phenoxy) is 4. The van der Waals surface area contributed by atoms with Gasteiger partial charge >= 0.3 is 49.1 Å². The Morgan fingerprint density at radius 3 is 0.841 bits per heavy atom. The summed E-state index contributed by atoms with van der Waals surface area (Å²) in [4.78, 5) is 83.5. The predicted octanol–water partition coefficient (Wildman–Crippen LogP) is 21.2. The molecule has 0 saturated carbocycles. The largest absolute Gasteiger partial charge is 0.416 e. The number of rotatable bonds is 25. The standard InChI is InChI=1S/2C27H28F3N3O2.2C26H26F3N3O2/c28-27(29,30)24-9-5-21(6-10-24)19-22-7-11-25(12-8-22)35-26(34)33-17-15-32(16-18-33)14-2-4-23-3-1-13-31-20-23;28-27(29,30)23-10-6-21(7-11-23)20-22-8-12-25(13-9-22)35-26(34)33-18-16-32(17-19-33)15-3-5-24-4-1-2-14-31-24;1-19-3-2-4-23(30-19)18-31-13-15-32(16-14-31)25(33)34-24-11-7-21(8-12-24)17-20-5-9-22(10-6-20)26(27,28)29;27-26(28,29)23-7-3-20(4-8-23)18-21-5-9-24(10-6-21)34-25(33)32-16-14-31(15-17-32)13-11-22-2-1-12-30-19-22/h1,3,5-13,20H,2,4,14-19H2;1-2,4,6-14H,3,5,15-20H2;2-12H,13-18H2,1H3;1-10,12,19H,11,13-18H2. The van der Waals surface area contributed by atoms with Gasteiger partial charge in [-0.2, -0.15) is 52.7 Å². The topological polar surface area (TPSA) is 183 Å². The van der Waals surface area contributed by atoms with Gasteiger partial charge in [-0.05, 0) is 267 Å². The summed E-state index contributed by atoms with van der Waals surface area (Å²) >= 11 is 0. The van der Waals surface area contributed by atoms with Crippen molar-refractivity contribution in [2.75, 3.05) is 124 Å². The molecule has 0 unspecified atom stereocenters.